The van der Waals surface area contributed by atoms with Crippen LogP contribution < -0.4 is 10.5 Å². The van der Waals surface area contributed by atoms with Gasteiger partial charge in [0.15, 0.2) is 11.6 Å². The van der Waals surface area contributed by atoms with Crippen molar-refractivity contribution in [1.82, 2.24) is 0 Å². The van der Waals surface area contributed by atoms with Crippen molar-refractivity contribution < 1.29 is 18.7 Å². The first-order chi connectivity index (χ1) is 8.63. The summed E-state index contributed by atoms with van der Waals surface area (Å²) >= 11 is 0. The molecule has 0 unspecified atom stereocenters. The van der Waals surface area contributed by atoms with E-state index in [9.17, 15) is 9.18 Å². The summed E-state index contributed by atoms with van der Waals surface area (Å²) in [4.78, 5) is 11.4. The van der Waals surface area contributed by atoms with Crippen LogP contribution in [0.25, 0.3) is 0 Å². The zero-order valence-corrected chi connectivity index (χ0v) is 10.2. The van der Waals surface area contributed by atoms with Crippen molar-refractivity contribution >= 4 is 11.7 Å². The van der Waals surface area contributed by atoms with Crippen LogP contribution in [0.5, 0.6) is 5.75 Å². The highest BCUT2D eigenvalue weighted by molar-refractivity contribution is 5.95. The largest absolute Gasteiger partial charge is 0.487 e. The SMILES string of the molecule is COC(=O)c1c(N)ccc(OC2CCCC2)c1F. The fraction of sp³-hybridized carbons (Fsp3) is 0.462. The summed E-state index contributed by atoms with van der Waals surface area (Å²) in [6.45, 7) is 0. The molecule has 0 bridgehead atoms. The van der Waals surface area contributed by atoms with Crippen LogP contribution in [0.15, 0.2) is 12.1 Å². The van der Waals surface area contributed by atoms with E-state index in [1.807, 2.05) is 0 Å². The van der Waals surface area contributed by atoms with Crippen LogP contribution in [0.3, 0.4) is 0 Å². The second kappa shape index (κ2) is 5.25. The highest BCUT2D eigenvalue weighted by atomic mass is 19.1. The van der Waals surface area contributed by atoms with E-state index in [1.165, 1.54) is 19.2 Å². The molecule has 5 heteroatoms. The van der Waals surface area contributed by atoms with Crippen LogP contribution in [0.2, 0.25) is 0 Å². The van der Waals surface area contributed by atoms with Gasteiger partial charge in [-0.05, 0) is 37.8 Å². The molecule has 0 radical (unpaired) electrons. The predicted octanol–water partition coefficient (Wildman–Crippen LogP) is 2.52. The lowest BCUT2D eigenvalue weighted by molar-refractivity contribution is 0.0595. The van der Waals surface area contributed by atoms with Gasteiger partial charge in [0.05, 0.1) is 13.2 Å². The molecular weight excluding hydrogens is 237 g/mol. The normalized spacial score (nSPS) is 15.7. The summed E-state index contributed by atoms with van der Waals surface area (Å²) in [5, 5.41) is 0. The first kappa shape index (κ1) is 12.7. The molecule has 0 atom stereocenters. The highest BCUT2D eigenvalue weighted by Gasteiger charge is 2.23. The predicted molar refractivity (Wildman–Crippen MR) is 65.0 cm³/mol. The fourth-order valence-corrected chi connectivity index (χ4v) is 2.16. The van der Waals surface area contributed by atoms with E-state index in [0.717, 1.165) is 25.7 Å². The lowest BCUT2D eigenvalue weighted by Gasteiger charge is -2.15. The first-order valence-corrected chi connectivity index (χ1v) is 5.96. The lowest BCUT2D eigenvalue weighted by Crippen LogP contribution is -2.15. The molecule has 1 aromatic rings. The number of hydrogen-bond donors (Lipinski definition) is 1. The van der Waals surface area contributed by atoms with Gasteiger partial charge in [0.1, 0.15) is 5.56 Å². The van der Waals surface area contributed by atoms with Crippen molar-refractivity contribution in [2.45, 2.75) is 31.8 Å². The molecule has 2 N–H and O–H groups in total. The molecule has 1 aromatic carbocycles. The molecule has 98 valence electrons. The van der Waals surface area contributed by atoms with Crippen molar-refractivity contribution in [3.8, 4) is 5.75 Å². The Kier molecular flexibility index (Phi) is 3.69. The Morgan fingerprint density at radius 1 is 1.39 bits per heavy atom. The minimum absolute atomic E-state index is 0.0219. The number of halogens is 1. The Bertz CT molecular complexity index is 456. The Balaban J connectivity index is 2.28. The van der Waals surface area contributed by atoms with Gasteiger partial charge in [-0.3, -0.25) is 0 Å². The van der Waals surface area contributed by atoms with Gasteiger partial charge in [0.25, 0.3) is 0 Å². The average molecular weight is 253 g/mol. The number of ether oxygens (including phenoxy) is 2. The molecule has 1 fully saturated rings. The summed E-state index contributed by atoms with van der Waals surface area (Å²) in [5.41, 5.74) is 5.38. The number of benzene rings is 1. The summed E-state index contributed by atoms with van der Waals surface area (Å²) in [6.07, 6.45) is 4.03. The fourth-order valence-electron chi connectivity index (χ4n) is 2.16. The van der Waals surface area contributed by atoms with Crippen LogP contribution in [0, 0.1) is 5.82 Å². The summed E-state index contributed by atoms with van der Waals surface area (Å²) < 4.78 is 24.2. The van der Waals surface area contributed by atoms with E-state index in [0.29, 0.717) is 0 Å². The van der Waals surface area contributed by atoms with Crippen molar-refractivity contribution in [3.63, 3.8) is 0 Å². The quantitative estimate of drug-likeness (QED) is 0.664. The molecule has 0 saturated heterocycles. The maximum atomic E-state index is 14.1. The number of carbonyl (C=O) groups is 1. The summed E-state index contributed by atoms with van der Waals surface area (Å²) in [7, 11) is 1.19. The Morgan fingerprint density at radius 2 is 2.06 bits per heavy atom. The molecule has 0 aromatic heterocycles. The number of rotatable bonds is 3. The molecule has 1 saturated carbocycles. The molecule has 18 heavy (non-hydrogen) atoms. The Morgan fingerprint density at radius 3 is 2.67 bits per heavy atom. The molecule has 0 spiro atoms. The van der Waals surface area contributed by atoms with Crippen molar-refractivity contribution in [2.24, 2.45) is 0 Å². The number of nitrogen functional groups attached to an aromatic ring is 1. The molecule has 1 aliphatic rings. The third kappa shape index (κ3) is 2.39. The van der Waals surface area contributed by atoms with Crippen LogP contribution in [-0.4, -0.2) is 19.2 Å². The van der Waals surface area contributed by atoms with Crippen LogP contribution >= 0.6 is 0 Å². The topological polar surface area (TPSA) is 61.5 Å². The first-order valence-electron chi connectivity index (χ1n) is 5.96. The van der Waals surface area contributed by atoms with Gasteiger partial charge in [-0.15, -0.1) is 0 Å². The summed E-state index contributed by atoms with van der Waals surface area (Å²) in [6, 6.07) is 2.91. The minimum atomic E-state index is -0.790. The molecule has 0 aliphatic heterocycles. The second-order valence-corrected chi connectivity index (χ2v) is 4.36. The number of nitrogens with two attached hydrogens (primary N) is 1. The zero-order valence-electron chi connectivity index (χ0n) is 10.2. The zero-order chi connectivity index (χ0) is 13.1. The van der Waals surface area contributed by atoms with Crippen LogP contribution in [-0.2, 0) is 4.74 Å². The molecule has 2 rings (SSSR count). The average Bonchev–Trinajstić information content (AvgIpc) is 2.85. The van der Waals surface area contributed by atoms with Crippen LogP contribution in [0.1, 0.15) is 36.0 Å². The summed E-state index contributed by atoms with van der Waals surface area (Å²) in [5.74, 6) is -1.47. The molecule has 0 amide bonds. The lowest BCUT2D eigenvalue weighted by atomic mass is 10.1. The van der Waals surface area contributed by atoms with Gasteiger partial charge in [-0.25, -0.2) is 9.18 Å². The Labute approximate surface area is 105 Å². The van der Waals surface area contributed by atoms with E-state index in [1.54, 1.807) is 0 Å². The molecular formula is C13H16FNO3. The van der Waals surface area contributed by atoms with E-state index < -0.39 is 11.8 Å². The third-order valence-corrected chi connectivity index (χ3v) is 3.12. The maximum Gasteiger partial charge on any atom is 0.343 e. The van der Waals surface area contributed by atoms with E-state index >= 15 is 0 Å². The number of anilines is 1. The van der Waals surface area contributed by atoms with Gasteiger partial charge in [0.2, 0.25) is 0 Å². The standard InChI is InChI=1S/C13H16FNO3/c1-17-13(16)11-9(15)6-7-10(12(11)14)18-8-4-2-3-5-8/h6-8H,2-5,15H2,1H3. The number of methoxy groups -OCH3 is 1. The van der Waals surface area contributed by atoms with Crippen molar-refractivity contribution in [1.29, 1.82) is 0 Å². The smallest absolute Gasteiger partial charge is 0.343 e. The van der Waals surface area contributed by atoms with E-state index in [2.05, 4.69) is 4.74 Å². The van der Waals surface area contributed by atoms with E-state index in [-0.39, 0.29) is 23.1 Å². The third-order valence-electron chi connectivity index (χ3n) is 3.12. The van der Waals surface area contributed by atoms with Gasteiger partial charge in [-0.1, -0.05) is 0 Å². The minimum Gasteiger partial charge on any atom is -0.487 e. The molecule has 0 heterocycles. The highest BCUT2D eigenvalue weighted by Crippen LogP contribution is 2.30. The van der Waals surface area contributed by atoms with Crippen molar-refractivity contribution in [3.05, 3.63) is 23.5 Å². The van der Waals surface area contributed by atoms with Gasteiger partial charge < -0.3 is 15.2 Å². The van der Waals surface area contributed by atoms with Gasteiger partial charge >= 0.3 is 5.97 Å². The van der Waals surface area contributed by atoms with Gasteiger partial charge in [-0.2, -0.15) is 0 Å². The van der Waals surface area contributed by atoms with Gasteiger partial charge in [0, 0.05) is 5.69 Å². The number of carbonyl (C=O) groups excluding carboxylic acids is 1. The maximum absolute atomic E-state index is 14.1. The van der Waals surface area contributed by atoms with Crippen molar-refractivity contribution in [2.75, 3.05) is 12.8 Å². The monoisotopic (exact) mass is 253 g/mol. The Hall–Kier alpha value is -1.78. The number of esters is 1. The van der Waals surface area contributed by atoms with E-state index in [4.69, 9.17) is 10.5 Å². The molecule has 4 nitrogen and oxygen atoms in total. The van der Waals surface area contributed by atoms with Crippen LogP contribution in [0.4, 0.5) is 10.1 Å². The number of hydrogen-bond acceptors (Lipinski definition) is 4. The molecule has 1 aliphatic carbocycles. The second-order valence-electron chi connectivity index (χ2n) is 4.36.